The number of allylic oxidation sites excluding steroid dienone is 1. The lowest BCUT2D eigenvalue weighted by Gasteiger charge is -2.19. The van der Waals surface area contributed by atoms with Gasteiger partial charge in [0.05, 0.1) is 0 Å². The quantitative estimate of drug-likeness (QED) is 0.689. The average Bonchev–Trinajstić information content (AvgIpc) is 2.30. The van der Waals surface area contributed by atoms with E-state index in [0.717, 1.165) is 36.4 Å². The Bertz CT molecular complexity index is 363. The second kappa shape index (κ2) is 7.75. The molecule has 0 amide bonds. The minimum atomic E-state index is 0.276. The van der Waals surface area contributed by atoms with Crippen molar-refractivity contribution in [2.45, 2.75) is 32.2 Å². The highest BCUT2D eigenvalue weighted by molar-refractivity contribution is 6.35. The highest BCUT2D eigenvalue weighted by Crippen LogP contribution is 2.28. The molecule has 1 aromatic carbocycles. The largest absolute Gasteiger partial charge is 0.310 e. The first-order valence-corrected chi connectivity index (χ1v) is 6.73. The molecular weight excluding hydrogens is 253 g/mol. The highest BCUT2D eigenvalue weighted by atomic mass is 35.5. The monoisotopic (exact) mass is 271 g/mol. The van der Waals surface area contributed by atoms with Gasteiger partial charge in [0.25, 0.3) is 0 Å². The van der Waals surface area contributed by atoms with Crippen LogP contribution in [-0.2, 0) is 0 Å². The fourth-order valence-electron chi connectivity index (χ4n) is 1.75. The molecular formula is C14H19Cl2N. The van der Waals surface area contributed by atoms with Crippen LogP contribution in [0, 0.1) is 0 Å². The first-order chi connectivity index (χ1) is 8.19. The van der Waals surface area contributed by atoms with Crippen LogP contribution in [0.15, 0.2) is 30.9 Å². The molecule has 17 heavy (non-hydrogen) atoms. The van der Waals surface area contributed by atoms with Gasteiger partial charge in [0.15, 0.2) is 0 Å². The molecule has 1 atom stereocenters. The lowest BCUT2D eigenvalue weighted by Crippen LogP contribution is -2.22. The standard InChI is InChI=1S/C14H19Cl2N/c1-3-5-6-14(17-9-4-2)12-8-7-11(15)10-13(12)16/h3,7-8,10,14,17H,1,4-6,9H2,2H3. The van der Waals surface area contributed by atoms with E-state index in [1.807, 2.05) is 18.2 Å². The van der Waals surface area contributed by atoms with Gasteiger partial charge in [-0.05, 0) is 43.5 Å². The van der Waals surface area contributed by atoms with Crippen LogP contribution in [0.5, 0.6) is 0 Å². The van der Waals surface area contributed by atoms with Gasteiger partial charge in [-0.3, -0.25) is 0 Å². The van der Waals surface area contributed by atoms with Gasteiger partial charge in [-0.1, -0.05) is 42.3 Å². The third-order valence-corrected chi connectivity index (χ3v) is 3.20. The lowest BCUT2D eigenvalue weighted by atomic mass is 10.0. The summed E-state index contributed by atoms with van der Waals surface area (Å²) in [5, 5.41) is 4.91. The molecule has 0 radical (unpaired) electrons. The van der Waals surface area contributed by atoms with Gasteiger partial charge < -0.3 is 5.32 Å². The molecule has 0 aliphatic rings. The fraction of sp³-hybridized carbons (Fsp3) is 0.429. The molecule has 0 aromatic heterocycles. The number of benzene rings is 1. The van der Waals surface area contributed by atoms with Gasteiger partial charge in [-0.2, -0.15) is 0 Å². The molecule has 3 heteroatoms. The zero-order chi connectivity index (χ0) is 12.7. The summed E-state index contributed by atoms with van der Waals surface area (Å²) >= 11 is 12.1. The lowest BCUT2D eigenvalue weighted by molar-refractivity contribution is 0.503. The fourth-order valence-corrected chi connectivity index (χ4v) is 2.29. The molecule has 94 valence electrons. The van der Waals surface area contributed by atoms with Crippen molar-refractivity contribution in [1.82, 2.24) is 5.32 Å². The molecule has 1 nitrogen and oxygen atoms in total. The van der Waals surface area contributed by atoms with Gasteiger partial charge in [0.2, 0.25) is 0 Å². The summed E-state index contributed by atoms with van der Waals surface area (Å²) in [6.45, 7) is 6.90. The van der Waals surface area contributed by atoms with E-state index in [-0.39, 0.29) is 6.04 Å². The molecule has 0 fully saturated rings. The molecule has 1 unspecified atom stereocenters. The third kappa shape index (κ3) is 4.71. The molecule has 1 aromatic rings. The minimum absolute atomic E-state index is 0.276. The summed E-state index contributed by atoms with van der Waals surface area (Å²) in [7, 11) is 0. The normalized spacial score (nSPS) is 12.4. The van der Waals surface area contributed by atoms with Crippen LogP contribution >= 0.6 is 23.2 Å². The van der Waals surface area contributed by atoms with Gasteiger partial charge in [0, 0.05) is 16.1 Å². The van der Waals surface area contributed by atoms with E-state index in [9.17, 15) is 0 Å². The third-order valence-electron chi connectivity index (χ3n) is 2.64. The number of hydrogen-bond acceptors (Lipinski definition) is 1. The van der Waals surface area contributed by atoms with Gasteiger partial charge >= 0.3 is 0 Å². The van der Waals surface area contributed by atoms with E-state index in [1.165, 1.54) is 0 Å². The molecule has 0 spiro atoms. The van der Waals surface area contributed by atoms with Gasteiger partial charge in [-0.25, -0.2) is 0 Å². The Hall–Kier alpha value is -0.500. The zero-order valence-corrected chi connectivity index (χ0v) is 11.7. The van der Waals surface area contributed by atoms with E-state index in [4.69, 9.17) is 23.2 Å². The molecule has 0 bridgehead atoms. The maximum atomic E-state index is 6.23. The van der Waals surface area contributed by atoms with Crippen molar-refractivity contribution in [3.05, 3.63) is 46.5 Å². The maximum absolute atomic E-state index is 6.23. The zero-order valence-electron chi connectivity index (χ0n) is 10.2. The van der Waals surface area contributed by atoms with E-state index >= 15 is 0 Å². The molecule has 0 aliphatic carbocycles. The average molecular weight is 272 g/mol. The molecule has 1 N–H and O–H groups in total. The van der Waals surface area contributed by atoms with Crippen LogP contribution in [0.1, 0.15) is 37.8 Å². The Labute approximate surface area is 114 Å². The summed E-state index contributed by atoms with van der Waals surface area (Å²) in [4.78, 5) is 0. The number of halogens is 2. The van der Waals surface area contributed by atoms with Crippen molar-refractivity contribution in [3.8, 4) is 0 Å². The molecule has 0 saturated carbocycles. The first-order valence-electron chi connectivity index (χ1n) is 5.98. The van der Waals surface area contributed by atoms with Crippen molar-refractivity contribution in [2.24, 2.45) is 0 Å². The summed E-state index contributed by atoms with van der Waals surface area (Å²) in [6, 6.07) is 5.96. The molecule has 0 heterocycles. The van der Waals surface area contributed by atoms with Crippen LogP contribution in [0.3, 0.4) is 0 Å². The predicted octanol–water partition coefficient (Wildman–Crippen LogP) is 5.00. The summed E-state index contributed by atoms with van der Waals surface area (Å²) in [5.74, 6) is 0. The first kappa shape index (κ1) is 14.6. The minimum Gasteiger partial charge on any atom is -0.310 e. The molecule has 0 aliphatic heterocycles. The Morgan fingerprint density at radius 1 is 1.41 bits per heavy atom. The Balaban J connectivity index is 2.82. The highest BCUT2D eigenvalue weighted by Gasteiger charge is 2.13. The van der Waals surface area contributed by atoms with Crippen molar-refractivity contribution < 1.29 is 0 Å². The van der Waals surface area contributed by atoms with E-state index in [2.05, 4.69) is 18.8 Å². The van der Waals surface area contributed by atoms with Crippen LogP contribution in [0.2, 0.25) is 10.0 Å². The topological polar surface area (TPSA) is 12.0 Å². The Morgan fingerprint density at radius 3 is 2.76 bits per heavy atom. The van der Waals surface area contributed by atoms with Crippen LogP contribution in [0.4, 0.5) is 0 Å². The van der Waals surface area contributed by atoms with Gasteiger partial charge in [-0.15, -0.1) is 6.58 Å². The summed E-state index contributed by atoms with van der Waals surface area (Å²) in [5.41, 5.74) is 1.12. The van der Waals surface area contributed by atoms with Crippen molar-refractivity contribution in [1.29, 1.82) is 0 Å². The smallest absolute Gasteiger partial charge is 0.0468 e. The Morgan fingerprint density at radius 2 is 2.18 bits per heavy atom. The van der Waals surface area contributed by atoms with E-state index in [0.29, 0.717) is 5.02 Å². The summed E-state index contributed by atoms with van der Waals surface area (Å²) < 4.78 is 0. The SMILES string of the molecule is C=CCCC(NCCC)c1ccc(Cl)cc1Cl. The van der Waals surface area contributed by atoms with E-state index < -0.39 is 0 Å². The number of rotatable bonds is 7. The van der Waals surface area contributed by atoms with Crippen molar-refractivity contribution >= 4 is 23.2 Å². The maximum Gasteiger partial charge on any atom is 0.0468 e. The van der Waals surface area contributed by atoms with Crippen molar-refractivity contribution in [2.75, 3.05) is 6.54 Å². The Kier molecular flexibility index (Phi) is 6.64. The predicted molar refractivity (Wildman–Crippen MR) is 76.9 cm³/mol. The van der Waals surface area contributed by atoms with Crippen LogP contribution in [-0.4, -0.2) is 6.54 Å². The molecule has 1 rings (SSSR count). The van der Waals surface area contributed by atoms with E-state index in [1.54, 1.807) is 6.07 Å². The van der Waals surface area contributed by atoms with Gasteiger partial charge in [0.1, 0.15) is 0 Å². The molecule has 0 saturated heterocycles. The second-order valence-electron chi connectivity index (χ2n) is 4.04. The number of nitrogens with one attached hydrogen (secondary N) is 1. The second-order valence-corrected chi connectivity index (χ2v) is 4.88. The van der Waals surface area contributed by atoms with Crippen molar-refractivity contribution in [3.63, 3.8) is 0 Å². The summed E-state index contributed by atoms with van der Waals surface area (Å²) in [6.07, 6.45) is 5.02. The number of hydrogen-bond donors (Lipinski definition) is 1. The van der Waals surface area contributed by atoms with Crippen LogP contribution in [0.25, 0.3) is 0 Å². The van der Waals surface area contributed by atoms with Crippen LogP contribution < -0.4 is 5.32 Å².